The van der Waals surface area contributed by atoms with Gasteiger partial charge in [0.15, 0.2) is 6.61 Å². The van der Waals surface area contributed by atoms with Gasteiger partial charge in [-0.1, -0.05) is 36.4 Å². The van der Waals surface area contributed by atoms with Crippen LogP contribution < -0.4 is 10.5 Å². The highest BCUT2D eigenvalue weighted by Gasteiger charge is 2.22. The van der Waals surface area contributed by atoms with E-state index in [1.165, 1.54) is 11.0 Å². The van der Waals surface area contributed by atoms with E-state index in [0.29, 0.717) is 16.7 Å². The molecule has 1 heterocycles. The third kappa shape index (κ3) is 4.06. The number of hydrogen-bond acceptors (Lipinski definition) is 5. The standard InChI is InChI=1S/C21H19NO5/c1-14(2)22(16-9-4-3-5-10-16)19(23)13-26-20(24)17-12-15-8-6-7-11-18(15)27-21(17)25/h3-12,14H,13H2,1-2H3. The fourth-order valence-corrected chi connectivity index (χ4v) is 2.80. The Morgan fingerprint density at radius 2 is 1.70 bits per heavy atom. The van der Waals surface area contributed by atoms with Gasteiger partial charge >= 0.3 is 11.6 Å². The first-order valence-electron chi connectivity index (χ1n) is 8.54. The number of carbonyl (C=O) groups is 2. The van der Waals surface area contributed by atoms with Crippen molar-refractivity contribution in [3.63, 3.8) is 0 Å². The second-order valence-corrected chi connectivity index (χ2v) is 6.25. The number of ether oxygens (including phenoxy) is 1. The number of anilines is 1. The van der Waals surface area contributed by atoms with Crippen LogP contribution in [0.5, 0.6) is 0 Å². The Hall–Kier alpha value is -3.41. The van der Waals surface area contributed by atoms with E-state index in [0.717, 1.165) is 0 Å². The molecule has 0 saturated heterocycles. The molecule has 1 amide bonds. The van der Waals surface area contributed by atoms with Gasteiger partial charge in [0.25, 0.3) is 5.91 Å². The van der Waals surface area contributed by atoms with Crippen LogP contribution in [0.3, 0.4) is 0 Å². The highest BCUT2D eigenvalue weighted by Crippen LogP contribution is 2.17. The lowest BCUT2D eigenvalue weighted by Gasteiger charge is -2.26. The molecule has 0 spiro atoms. The van der Waals surface area contributed by atoms with E-state index < -0.39 is 18.2 Å². The van der Waals surface area contributed by atoms with Crippen molar-refractivity contribution >= 4 is 28.5 Å². The van der Waals surface area contributed by atoms with Gasteiger partial charge in [-0.3, -0.25) is 4.79 Å². The molecule has 6 nitrogen and oxygen atoms in total. The Kier molecular flexibility index (Phi) is 5.35. The van der Waals surface area contributed by atoms with Gasteiger partial charge in [0, 0.05) is 17.1 Å². The summed E-state index contributed by atoms with van der Waals surface area (Å²) in [6, 6.07) is 17.2. The molecule has 0 aliphatic heterocycles. The van der Waals surface area contributed by atoms with Crippen LogP contribution in [0.1, 0.15) is 24.2 Å². The van der Waals surface area contributed by atoms with Crippen LogP contribution in [0.2, 0.25) is 0 Å². The van der Waals surface area contributed by atoms with Crippen LogP contribution in [0.4, 0.5) is 5.69 Å². The first-order chi connectivity index (χ1) is 13.0. The lowest BCUT2D eigenvalue weighted by Crippen LogP contribution is -2.40. The van der Waals surface area contributed by atoms with Gasteiger partial charge in [0.1, 0.15) is 11.1 Å². The number of benzene rings is 2. The van der Waals surface area contributed by atoms with E-state index in [4.69, 9.17) is 9.15 Å². The molecule has 0 aliphatic carbocycles. The van der Waals surface area contributed by atoms with Crippen molar-refractivity contribution in [1.29, 1.82) is 0 Å². The Morgan fingerprint density at radius 1 is 1.04 bits per heavy atom. The zero-order chi connectivity index (χ0) is 19.4. The Balaban J connectivity index is 1.76. The molecule has 6 heteroatoms. The average molecular weight is 365 g/mol. The summed E-state index contributed by atoms with van der Waals surface area (Å²) in [5, 5.41) is 0.600. The highest BCUT2D eigenvalue weighted by atomic mass is 16.5. The van der Waals surface area contributed by atoms with Crippen molar-refractivity contribution in [1.82, 2.24) is 0 Å². The zero-order valence-electron chi connectivity index (χ0n) is 15.0. The van der Waals surface area contributed by atoms with Crippen LogP contribution in [0.15, 0.2) is 69.9 Å². The molecule has 0 saturated carbocycles. The number of hydrogen-bond donors (Lipinski definition) is 0. The van der Waals surface area contributed by atoms with Crippen molar-refractivity contribution in [2.24, 2.45) is 0 Å². The molecule has 0 bridgehead atoms. The van der Waals surface area contributed by atoms with Crippen LogP contribution in [0, 0.1) is 0 Å². The predicted molar refractivity (Wildman–Crippen MR) is 102 cm³/mol. The van der Waals surface area contributed by atoms with Gasteiger partial charge in [-0.25, -0.2) is 9.59 Å². The van der Waals surface area contributed by atoms with Gasteiger partial charge in [0.2, 0.25) is 0 Å². The van der Waals surface area contributed by atoms with Gasteiger partial charge in [0.05, 0.1) is 0 Å². The molecule has 2 aromatic carbocycles. The molecule has 0 radical (unpaired) electrons. The summed E-state index contributed by atoms with van der Waals surface area (Å²) in [6.07, 6.45) is 0. The first kappa shape index (κ1) is 18.4. The minimum atomic E-state index is -0.889. The van der Waals surface area contributed by atoms with Crippen molar-refractivity contribution in [3.8, 4) is 0 Å². The normalized spacial score (nSPS) is 10.8. The van der Waals surface area contributed by atoms with Crippen molar-refractivity contribution < 1.29 is 18.7 Å². The molecule has 0 aliphatic rings. The summed E-state index contributed by atoms with van der Waals surface area (Å²) in [6.45, 7) is 3.26. The van der Waals surface area contributed by atoms with E-state index in [9.17, 15) is 14.4 Å². The maximum Gasteiger partial charge on any atom is 0.351 e. The summed E-state index contributed by atoms with van der Waals surface area (Å²) in [4.78, 5) is 38.4. The number of fused-ring (bicyclic) bond motifs is 1. The molecule has 138 valence electrons. The molecule has 0 unspecified atom stereocenters. The average Bonchev–Trinajstić information content (AvgIpc) is 2.66. The maximum atomic E-state index is 12.6. The lowest BCUT2D eigenvalue weighted by molar-refractivity contribution is -0.122. The van der Waals surface area contributed by atoms with Gasteiger partial charge in [-0.2, -0.15) is 0 Å². The van der Waals surface area contributed by atoms with Crippen molar-refractivity contribution in [2.45, 2.75) is 19.9 Å². The summed E-state index contributed by atoms with van der Waals surface area (Å²) in [7, 11) is 0. The van der Waals surface area contributed by atoms with Crippen LogP contribution >= 0.6 is 0 Å². The van der Waals surface area contributed by atoms with Crippen LogP contribution in [-0.4, -0.2) is 24.5 Å². The van der Waals surface area contributed by atoms with Gasteiger partial charge in [-0.15, -0.1) is 0 Å². The molecule has 0 fully saturated rings. The Bertz CT molecular complexity index is 1020. The number of esters is 1. The lowest BCUT2D eigenvalue weighted by atomic mass is 10.2. The Labute approximate surface area is 156 Å². The summed E-state index contributed by atoms with van der Waals surface area (Å²) in [5.41, 5.74) is 0.0520. The van der Waals surface area contributed by atoms with Crippen LogP contribution in [0.25, 0.3) is 11.0 Å². The largest absolute Gasteiger partial charge is 0.452 e. The molecule has 0 N–H and O–H groups in total. The fraction of sp³-hybridized carbons (Fsp3) is 0.190. The summed E-state index contributed by atoms with van der Waals surface area (Å²) >= 11 is 0. The molecule has 27 heavy (non-hydrogen) atoms. The number of amides is 1. The topological polar surface area (TPSA) is 76.8 Å². The fourth-order valence-electron chi connectivity index (χ4n) is 2.80. The molecule has 0 atom stereocenters. The Morgan fingerprint density at radius 3 is 2.41 bits per heavy atom. The molecule has 3 rings (SSSR count). The van der Waals surface area contributed by atoms with E-state index in [2.05, 4.69) is 0 Å². The molecular weight excluding hydrogens is 346 g/mol. The third-order valence-corrected chi connectivity index (χ3v) is 4.01. The number of para-hydroxylation sites is 2. The van der Waals surface area contributed by atoms with Crippen molar-refractivity contribution in [2.75, 3.05) is 11.5 Å². The minimum Gasteiger partial charge on any atom is -0.452 e. The SMILES string of the molecule is CC(C)N(C(=O)COC(=O)c1cc2ccccc2oc1=O)c1ccccc1. The zero-order valence-corrected chi connectivity index (χ0v) is 15.0. The second kappa shape index (κ2) is 7.86. The number of carbonyl (C=O) groups excluding carboxylic acids is 2. The number of rotatable bonds is 5. The molecule has 3 aromatic rings. The van der Waals surface area contributed by atoms with E-state index >= 15 is 0 Å². The first-order valence-corrected chi connectivity index (χ1v) is 8.54. The minimum absolute atomic E-state index is 0.121. The quantitative estimate of drug-likeness (QED) is 0.512. The number of nitrogens with zero attached hydrogens (tertiary/aromatic N) is 1. The summed E-state index contributed by atoms with van der Waals surface area (Å²) in [5.74, 6) is -1.27. The summed E-state index contributed by atoms with van der Waals surface area (Å²) < 4.78 is 10.2. The maximum absolute atomic E-state index is 12.6. The van der Waals surface area contributed by atoms with E-state index in [-0.39, 0.29) is 17.5 Å². The third-order valence-electron chi connectivity index (χ3n) is 4.01. The predicted octanol–water partition coefficient (Wildman–Crippen LogP) is 3.39. The van der Waals surface area contributed by atoms with Gasteiger partial charge < -0.3 is 14.1 Å². The smallest absolute Gasteiger partial charge is 0.351 e. The van der Waals surface area contributed by atoms with Crippen LogP contribution in [-0.2, 0) is 9.53 Å². The second-order valence-electron chi connectivity index (χ2n) is 6.25. The van der Waals surface area contributed by atoms with E-state index in [1.807, 2.05) is 32.0 Å². The molecule has 1 aromatic heterocycles. The van der Waals surface area contributed by atoms with E-state index in [1.54, 1.807) is 36.4 Å². The molecular formula is C21H19NO5. The highest BCUT2D eigenvalue weighted by molar-refractivity contribution is 5.98. The monoisotopic (exact) mass is 365 g/mol. The van der Waals surface area contributed by atoms with Gasteiger partial charge in [-0.05, 0) is 38.1 Å². The van der Waals surface area contributed by atoms with Crippen molar-refractivity contribution in [3.05, 3.63) is 76.6 Å².